The third kappa shape index (κ3) is 4.44. The predicted molar refractivity (Wildman–Crippen MR) is 85.6 cm³/mol. The van der Waals surface area contributed by atoms with Gasteiger partial charge in [-0.1, -0.05) is 6.07 Å². The summed E-state index contributed by atoms with van der Waals surface area (Å²) in [5.74, 6) is 0.810. The molecule has 0 unspecified atom stereocenters. The zero-order chi connectivity index (χ0) is 15.8. The summed E-state index contributed by atoms with van der Waals surface area (Å²) in [7, 11) is 3.24. The van der Waals surface area contributed by atoms with Gasteiger partial charge in [-0.25, -0.2) is 0 Å². The van der Waals surface area contributed by atoms with Gasteiger partial charge >= 0.3 is 5.97 Å². The van der Waals surface area contributed by atoms with Crippen LogP contribution in [0.2, 0.25) is 0 Å². The summed E-state index contributed by atoms with van der Waals surface area (Å²) in [6.45, 7) is 2.44. The van der Waals surface area contributed by atoms with Gasteiger partial charge in [0.1, 0.15) is 0 Å². The second-order valence-corrected chi connectivity index (χ2v) is 5.33. The Morgan fingerprint density at radius 1 is 1.45 bits per heavy atom. The van der Waals surface area contributed by atoms with Crippen molar-refractivity contribution in [2.24, 2.45) is 10.9 Å². The largest absolute Gasteiger partial charge is 0.469 e. The van der Waals surface area contributed by atoms with E-state index in [9.17, 15) is 4.79 Å². The van der Waals surface area contributed by atoms with E-state index in [1.165, 1.54) is 7.11 Å². The van der Waals surface area contributed by atoms with Crippen LogP contribution in [-0.4, -0.2) is 55.6 Å². The van der Waals surface area contributed by atoms with Crippen molar-refractivity contribution >= 4 is 11.9 Å². The van der Waals surface area contributed by atoms with Gasteiger partial charge in [-0.2, -0.15) is 0 Å². The Kier molecular flexibility index (Phi) is 6.18. The van der Waals surface area contributed by atoms with Gasteiger partial charge in [0.25, 0.3) is 0 Å². The second kappa shape index (κ2) is 8.36. The summed E-state index contributed by atoms with van der Waals surface area (Å²) in [5.41, 5.74) is 1.06. The molecule has 1 N–H and O–H groups in total. The fourth-order valence-corrected chi connectivity index (χ4v) is 2.67. The molecule has 1 aliphatic heterocycles. The van der Waals surface area contributed by atoms with Crippen LogP contribution in [0.3, 0.4) is 0 Å². The molecule has 0 amide bonds. The van der Waals surface area contributed by atoms with Crippen LogP contribution in [0, 0.1) is 5.92 Å². The molecule has 120 valence electrons. The number of hydrogen-bond donors (Lipinski definition) is 1. The Morgan fingerprint density at radius 2 is 2.23 bits per heavy atom. The molecule has 1 fully saturated rings. The minimum Gasteiger partial charge on any atom is -0.469 e. The number of hydrogen-bond acceptors (Lipinski definition) is 4. The van der Waals surface area contributed by atoms with Gasteiger partial charge in [0.15, 0.2) is 5.96 Å². The number of pyridine rings is 1. The highest BCUT2D eigenvalue weighted by molar-refractivity contribution is 5.80. The van der Waals surface area contributed by atoms with E-state index >= 15 is 0 Å². The van der Waals surface area contributed by atoms with Gasteiger partial charge in [0, 0.05) is 45.0 Å². The molecule has 22 heavy (non-hydrogen) atoms. The fourth-order valence-electron chi connectivity index (χ4n) is 2.67. The molecule has 1 aliphatic rings. The normalized spacial score (nSPS) is 16.5. The smallest absolute Gasteiger partial charge is 0.308 e. The zero-order valence-electron chi connectivity index (χ0n) is 13.3. The molecule has 6 nitrogen and oxygen atoms in total. The zero-order valence-corrected chi connectivity index (χ0v) is 13.3. The predicted octanol–water partition coefficient (Wildman–Crippen LogP) is 1.08. The maximum Gasteiger partial charge on any atom is 0.308 e. The number of guanidine groups is 1. The standard InChI is InChI=1S/C16H24N4O2/c1-17-16(19-10-6-14-5-3-4-9-18-14)20-11-7-13(8-12-20)15(21)22-2/h3-5,9,13H,6-8,10-12H2,1-2H3,(H,17,19). The molecular weight excluding hydrogens is 280 g/mol. The lowest BCUT2D eigenvalue weighted by atomic mass is 9.97. The first kappa shape index (κ1) is 16.3. The molecule has 0 bridgehead atoms. The minimum absolute atomic E-state index is 0.0212. The lowest BCUT2D eigenvalue weighted by Crippen LogP contribution is -2.47. The van der Waals surface area contributed by atoms with E-state index in [2.05, 4.69) is 20.2 Å². The summed E-state index contributed by atoms with van der Waals surface area (Å²) in [5, 5.41) is 3.37. The molecule has 2 rings (SSSR count). The first-order chi connectivity index (χ1) is 10.7. The minimum atomic E-state index is -0.0993. The molecule has 0 saturated carbocycles. The van der Waals surface area contributed by atoms with Crippen molar-refractivity contribution < 1.29 is 9.53 Å². The van der Waals surface area contributed by atoms with Crippen LogP contribution in [0.25, 0.3) is 0 Å². The summed E-state index contributed by atoms with van der Waals surface area (Å²) in [6.07, 6.45) is 4.29. The van der Waals surface area contributed by atoms with Gasteiger partial charge in [-0.05, 0) is 25.0 Å². The summed E-state index contributed by atoms with van der Waals surface area (Å²) < 4.78 is 4.82. The fraction of sp³-hybridized carbons (Fsp3) is 0.562. The van der Waals surface area contributed by atoms with Gasteiger partial charge in [0.2, 0.25) is 0 Å². The maximum atomic E-state index is 11.5. The molecule has 0 atom stereocenters. The molecule has 1 saturated heterocycles. The molecule has 0 spiro atoms. The Bertz CT molecular complexity index is 496. The SMILES string of the molecule is CN=C(NCCc1ccccn1)N1CCC(C(=O)OC)CC1. The van der Waals surface area contributed by atoms with E-state index in [1.807, 2.05) is 24.4 Å². The highest BCUT2D eigenvalue weighted by Gasteiger charge is 2.26. The van der Waals surface area contributed by atoms with E-state index in [4.69, 9.17) is 4.74 Å². The highest BCUT2D eigenvalue weighted by Crippen LogP contribution is 2.18. The number of carbonyl (C=O) groups is 1. The second-order valence-electron chi connectivity index (χ2n) is 5.33. The molecule has 1 aromatic rings. The number of carbonyl (C=O) groups excluding carboxylic acids is 1. The van der Waals surface area contributed by atoms with Crippen LogP contribution in [0.1, 0.15) is 18.5 Å². The van der Waals surface area contributed by atoms with Crippen molar-refractivity contribution in [3.05, 3.63) is 30.1 Å². The van der Waals surface area contributed by atoms with Crippen molar-refractivity contribution in [2.75, 3.05) is 33.8 Å². The van der Waals surface area contributed by atoms with Gasteiger partial charge < -0.3 is 15.0 Å². The number of likely N-dealkylation sites (tertiary alicyclic amines) is 1. The van der Waals surface area contributed by atoms with Crippen molar-refractivity contribution in [1.29, 1.82) is 0 Å². The Hall–Kier alpha value is -2.11. The Morgan fingerprint density at radius 3 is 2.82 bits per heavy atom. The van der Waals surface area contributed by atoms with Crippen molar-refractivity contribution in [1.82, 2.24) is 15.2 Å². The third-order valence-corrected chi connectivity index (χ3v) is 3.93. The van der Waals surface area contributed by atoms with Crippen molar-refractivity contribution in [2.45, 2.75) is 19.3 Å². The van der Waals surface area contributed by atoms with Crippen LogP contribution in [0.15, 0.2) is 29.4 Å². The Balaban J connectivity index is 1.77. The molecule has 0 aromatic carbocycles. The molecule has 2 heterocycles. The molecule has 0 radical (unpaired) electrons. The lowest BCUT2D eigenvalue weighted by molar-refractivity contribution is -0.146. The topological polar surface area (TPSA) is 66.8 Å². The highest BCUT2D eigenvalue weighted by atomic mass is 16.5. The van der Waals surface area contributed by atoms with E-state index < -0.39 is 0 Å². The summed E-state index contributed by atoms with van der Waals surface area (Å²) in [4.78, 5) is 22.4. The number of nitrogens with zero attached hydrogens (tertiary/aromatic N) is 3. The average molecular weight is 304 g/mol. The van der Waals surface area contributed by atoms with Gasteiger partial charge in [-0.3, -0.25) is 14.8 Å². The molecule has 0 aliphatic carbocycles. The quantitative estimate of drug-likeness (QED) is 0.512. The number of nitrogens with one attached hydrogen (secondary N) is 1. The monoisotopic (exact) mass is 304 g/mol. The molecule has 1 aromatic heterocycles. The van der Waals surface area contributed by atoms with E-state index in [0.717, 1.165) is 50.6 Å². The van der Waals surface area contributed by atoms with Gasteiger partial charge in [-0.15, -0.1) is 0 Å². The van der Waals surface area contributed by atoms with Crippen molar-refractivity contribution in [3.63, 3.8) is 0 Å². The lowest BCUT2D eigenvalue weighted by Gasteiger charge is -2.33. The number of methoxy groups -OCH3 is 1. The van der Waals surface area contributed by atoms with E-state index in [-0.39, 0.29) is 11.9 Å². The number of esters is 1. The van der Waals surface area contributed by atoms with E-state index in [0.29, 0.717) is 0 Å². The van der Waals surface area contributed by atoms with Crippen LogP contribution in [-0.2, 0) is 16.0 Å². The first-order valence-corrected chi connectivity index (χ1v) is 7.68. The first-order valence-electron chi connectivity index (χ1n) is 7.68. The van der Waals surface area contributed by atoms with E-state index in [1.54, 1.807) is 7.05 Å². The van der Waals surface area contributed by atoms with Gasteiger partial charge in [0.05, 0.1) is 13.0 Å². The number of rotatable bonds is 4. The summed E-state index contributed by atoms with van der Waals surface area (Å²) in [6, 6.07) is 5.93. The average Bonchev–Trinajstić information content (AvgIpc) is 2.59. The number of aliphatic imine (C=N–C) groups is 1. The number of piperidine rings is 1. The van der Waals surface area contributed by atoms with Crippen LogP contribution >= 0.6 is 0 Å². The number of ether oxygens (including phenoxy) is 1. The Labute approximate surface area is 131 Å². The molecular formula is C16H24N4O2. The number of aromatic nitrogens is 1. The maximum absolute atomic E-state index is 11.5. The van der Waals surface area contributed by atoms with Crippen LogP contribution in [0.4, 0.5) is 0 Å². The molecule has 6 heteroatoms. The summed E-state index contributed by atoms with van der Waals surface area (Å²) >= 11 is 0. The third-order valence-electron chi connectivity index (χ3n) is 3.93. The van der Waals surface area contributed by atoms with Crippen LogP contribution in [0.5, 0.6) is 0 Å². The van der Waals surface area contributed by atoms with Crippen molar-refractivity contribution in [3.8, 4) is 0 Å². The van der Waals surface area contributed by atoms with Crippen LogP contribution < -0.4 is 5.32 Å².